The Morgan fingerprint density at radius 2 is 1.59 bits per heavy atom. The Bertz CT molecular complexity index is 915. The largest absolute Gasteiger partial charge is 0.326 e. The van der Waals surface area contributed by atoms with Gasteiger partial charge in [0, 0.05) is 23.5 Å². The fourth-order valence-corrected chi connectivity index (χ4v) is 2.46. The molecule has 0 aliphatic carbocycles. The third kappa shape index (κ3) is 5.04. The van der Waals surface area contributed by atoms with E-state index in [-0.39, 0.29) is 17.7 Å². The van der Waals surface area contributed by atoms with E-state index < -0.39 is 0 Å². The number of aromatic nitrogens is 2. The van der Waals surface area contributed by atoms with Crippen LogP contribution in [0.3, 0.4) is 0 Å². The van der Waals surface area contributed by atoms with Crippen molar-refractivity contribution in [1.29, 1.82) is 0 Å². The van der Waals surface area contributed by atoms with E-state index in [4.69, 9.17) is 0 Å². The topological polar surface area (TPSA) is 76.0 Å². The first-order chi connectivity index (χ1) is 13.0. The number of nitrogens with zero attached hydrogens (tertiary/aromatic N) is 2. The maximum atomic E-state index is 12.4. The van der Waals surface area contributed by atoms with Crippen LogP contribution in [0.15, 0.2) is 67.0 Å². The standard InChI is InChI=1S/C21H22N4O2/c1-15(2)20(26)23-18-8-10-19(11-9-18)24-21(27)17-12-22-25(14-17)13-16-6-4-3-5-7-16/h3-12,14-15H,13H2,1-2H3,(H,23,26)(H,24,27). The van der Waals surface area contributed by atoms with Crippen molar-refractivity contribution in [2.24, 2.45) is 5.92 Å². The maximum Gasteiger partial charge on any atom is 0.258 e. The number of nitrogens with one attached hydrogen (secondary N) is 2. The Morgan fingerprint density at radius 3 is 2.22 bits per heavy atom. The van der Waals surface area contributed by atoms with Crippen LogP contribution in [0.25, 0.3) is 0 Å². The van der Waals surface area contributed by atoms with Crippen molar-refractivity contribution < 1.29 is 9.59 Å². The summed E-state index contributed by atoms with van der Waals surface area (Å²) in [5.41, 5.74) is 2.95. The van der Waals surface area contributed by atoms with E-state index in [1.165, 1.54) is 0 Å². The molecule has 3 aromatic rings. The Kier molecular flexibility index (Phi) is 5.66. The molecule has 0 atom stereocenters. The van der Waals surface area contributed by atoms with Crippen LogP contribution in [-0.4, -0.2) is 21.6 Å². The lowest BCUT2D eigenvalue weighted by atomic mass is 10.2. The highest BCUT2D eigenvalue weighted by molar-refractivity contribution is 6.04. The van der Waals surface area contributed by atoms with Crippen LogP contribution < -0.4 is 10.6 Å². The highest BCUT2D eigenvalue weighted by Gasteiger charge is 2.10. The van der Waals surface area contributed by atoms with Gasteiger partial charge in [-0.05, 0) is 29.8 Å². The average molecular weight is 362 g/mol. The van der Waals surface area contributed by atoms with Gasteiger partial charge in [0.15, 0.2) is 0 Å². The summed E-state index contributed by atoms with van der Waals surface area (Å²) in [7, 11) is 0. The smallest absolute Gasteiger partial charge is 0.258 e. The molecule has 0 saturated heterocycles. The van der Waals surface area contributed by atoms with Crippen molar-refractivity contribution in [3.05, 3.63) is 78.1 Å². The molecule has 1 heterocycles. The van der Waals surface area contributed by atoms with Crippen LogP contribution in [0.4, 0.5) is 11.4 Å². The lowest BCUT2D eigenvalue weighted by Gasteiger charge is -2.09. The van der Waals surface area contributed by atoms with Crippen molar-refractivity contribution in [1.82, 2.24) is 9.78 Å². The van der Waals surface area contributed by atoms with Crippen LogP contribution in [0.1, 0.15) is 29.8 Å². The predicted octanol–water partition coefficient (Wildman–Crippen LogP) is 3.78. The monoisotopic (exact) mass is 362 g/mol. The molecule has 0 unspecified atom stereocenters. The molecule has 0 aliphatic heterocycles. The Labute approximate surface area is 158 Å². The molecule has 0 spiro atoms. The Hall–Kier alpha value is -3.41. The van der Waals surface area contributed by atoms with E-state index >= 15 is 0 Å². The summed E-state index contributed by atoms with van der Waals surface area (Å²) in [5.74, 6) is -0.359. The summed E-state index contributed by atoms with van der Waals surface area (Å²) in [6.45, 7) is 4.28. The zero-order valence-corrected chi connectivity index (χ0v) is 15.3. The van der Waals surface area contributed by atoms with Crippen LogP contribution in [0.5, 0.6) is 0 Å². The number of hydrogen-bond acceptors (Lipinski definition) is 3. The quantitative estimate of drug-likeness (QED) is 0.701. The van der Waals surface area contributed by atoms with Crippen molar-refractivity contribution in [3.63, 3.8) is 0 Å². The molecule has 6 nitrogen and oxygen atoms in total. The highest BCUT2D eigenvalue weighted by Crippen LogP contribution is 2.15. The summed E-state index contributed by atoms with van der Waals surface area (Å²) in [4.78, 5) is 24.1. The molecule has 0 bridgehead atoms. The van der Waals surface area contributed by atoms with E-state index in [0.717, 1.165) is 5.56 Å². The molecular weight excluding hydrogens is 340 g/mol. The third-order valence-electron chi connectivity index (χ3n) is 4.02. The summed E-state index contributed by atoms with van der Waals surface area (Å²) < 4.78 is 1.73. The highest BCUT2D eigenvalue weighted by atomic mass is 16.2. The zero-order valence-electron chi connectivity index (χ0n) is 15.3. The fourth-order valence-electron chi connectivity index (χ4n) is 2.46. The number of amides is 2. The Balaban J connectivity index is 1.60. The van der Waals surface area contributed by atoms with Gasteiger partial charge >= 0.3 is 0 Å². The molecule has 2 amide bonds. The molecule has 3 rings (SSSR count). The molecule has 0 radical (unpaired) electrons. The van der Waals surface area contributed by atoms with Crippen molar-refractivity contribution in [2.45, 2.75) is 20.4 Å². The number of benzene rings is 2. The van der Waals surface area contributed by atoms with Crippen molar-refractivity contribution in [3.8, 4) is 0 Å². The normalized spacial score (nSPS) is 10.6. The number of carbonyl (C=O) groups excluding carboxylic acids is 2. The van der Waals surface area contributed by atoms with E-state index in [1.54, 1.807) is 41.3 Å². The molecule has 27 heavy (non-hydrogen) atoms. The van der Waals surface area contributed by atoms with Gasteiger partial charge in [-0.3, -0.25) is 14.3 Å². The van der Waals surface area contributed by atoms with Crippen LogP contribution >= 0.6 is 0 Å². The predicted molar refractivity (Wildman–Crippen MR) is 106 cm³/mol. The first-order valence-corrected chi connectivity index (χ1v) is 8.80. The van der Waals surface area contributed by atoms with Crippen LogP contribution in [-0.2, 0) is 11.3 Å². The lowest BCUT2D eigenvalue weighted by molar-refractivity contribution is -0.118. The van der Waals surface area contributed by atoms with Gasteiger partial charge in [-0.1, -0.05) is 44.2 Å². The van der Waals surface area contributed by atoms with E-state index in [9.17, 15) is 9.59 Å². The fraction of sp³-hybridized carbons (Fsp3) is 0.190. The molecule has 0 fully saturated rings. The van der Waals surface area contributed by atoms with E-state index in [1.807, 2.05) is 44.2 Å². The maximum absolute atomic E-state index is 12.4. The van der Waals surface area contributed by atoms with Gasteiger partial charge < -0.3 is 10.6 Å². The van der Waals surface area contributed by atoms with Crippen LogP contribution in [0.2, 0.25) is 0 Å². The first kappa shape index (κ1) is 18.4. The van der Waals surface area contributed by atoms with Crippen molar-refractivity contribution in [2.75, 3.05) is 10.6 Å². The van der Waals surface area contributed by atoms with Gasteiger partial charge in [0.1, 0.15) is 0 Å². The van der Waals surface area contributed by atoms with Crippen molar-refractivity contribution >= 4 is 23.2 Å². The van der Waals surface area contributed by atoms with Gasteiger partial charge in [0.2, 0.25) is 5.91 Å². The summed E-state index contributed by atoms with van der Waals surface area (Å²) in [5, 5.41) is 9.89. The van der Waals surface area contributed by atoms with E-state index in [0.29, 0.717) is 23.5 Å². The number of hydrogen-bond donors (Lipinski definition) is 2. The molecule has 6 heteroatoms. The molecule has 138 valence electrons. The minimum Gasteiger partial charge on any atom is -0.326 e. The van der Waals surface area contributed by atoms with E-state index in [2.05, 4.69) is 15.7 Å². The summed E-state index contributed by atoms with van der Waals surface area (Å²) >= 11 is 0. The van der Waals surface area contributed by atoms with Gasteiger partial charge in [-0.2, -0.15) is 5.10 Å². The Morgan fingerprint density at radius 1 is 0.963 bits per heavy atom. The minimum absolute atomic E-state index is 0.0439. The molecule has 1 aromatic heterocycles. The van der Waals surface area contributed by atoms with Gasteiger partial charge in [0.25, 0.3) is 5.91 Å². The number of anilines is 2. The lowest BCUT2D eigenvalue weighted by Crippen LogP contribution is -2.17. The van der Waals surface area contributed by atoms with Gasteiger partial charge in [-0.15, -0.1) is 0 Å². The first-order valence-electron chi connectivity index (χ1n) is 8.80. The van der Waals surface area contributed by atoms with Gasteiger partial charge in [0.05, 0.1) is 18.3 Å². The molecular formula is C21H22N4O2. The molecule has 2 N–H and O–H groups in total. The average Bonchev–Trinajstić information content (AvgIpc) is 3.12. The second-order valence-corrected chi connectivity index (χ2v) is 6.59. The second-order valence-electron chi connectivity index (χ2n) is 6.59. The second kappa shape index (κ2) is 8.31. The third-order valence-corrected chi connectivity index (χ3v) is 4.02. The molecule has 0 aliphatic rings. The summed E-state index contributed by atoms with van der Waals surface area (Å²) in [6, 6.07) is 17.0. The molecule has 2 aromatic carbocycles. The number of rotatable bonds is 6. The minimum atomic E-state index is -0.228. The number of carbonyl (C=O) groups is 2. The molecule has 0 saturated carbocycles. The summed E-state index contributed by atoms with van der Waals surface area (Å²) in [6.07, 6.45) is 3.27. The zero-order chi connectivity index (χ0) is 19.2. The SMILES string of the molecule is CC(C)C(=O)Nc1ccc(NC(=O)c2cnn(Cc3ccccc3)c2)cc1. The van der Waals surface area contributed by atoms with Crippen LogP contribution in [0, 0.1) is 5.92 Å². The van der Waals surface area contributed by atoms with Gasteiger partial charge in [-0.25, -0.2) is 0 Å².